The number of aromatic nitrogens is 4. The van der Waals surface area contributed by atoms with Gasteiger partial charge >= 0.3 is 0 Å². The van der Waals surface area contributed by atoms with Crippen molar-refractivity contribution in [3.63, 3.8) is 0 Å². The van der Waals surface area contributed by atoms with Crippen LogP contribution in [0.4, 0.5) is 0 Å². The first-order chi connectivity index (χ1) is 31.7. The van der Waals surface area contributed by atoms with Gasteiger partial charge in [0.2, 0.25) is 0 Å². The van der Waals surface area contributed by atoms with Crippen LogP contribution in [0, 0.1) is 0 Å². The van der Waals surface area contributed by atoms with E-state index in [-0.39, 0.29) is 0 Å². The molecule has 4 nitrogen and oxygen atoms in total. The maximum absolute atomic E-state index is 5.16. The summed E-state index contributed by atoms with van der Waals surface area (Å²) in [7, 11) is 0. The van der Waals surface area contributed by atoms with Gasteiger partial charge in [-0.25, -0.2) is 9.97 Å². The van der Waals surface area contributed by atoms with Crippen LogP contribution in [0.2, 0.25) is 0 Å². The SMILES string of the molecule is c1ccc(-c2nc3ccccc3nc2-c2ccc(-n3c4ccccc4c4cc(-c5ccc6c(c5)c5ccccc5n6-c5ccc(-c6cccc7ccccc67)cc5)ccc43)cc2)cc1. The molecule has 13 rings (SSSR count). The maximum atomic E-state index is 5.16. The molecule has 0 aliphatic carbocycles. The second-order valence-electron chi connectivity index (χ2n) is 16.6. The van der Waals surface area contributed by atoms with Gasteiger partial charge in [-0.2, -0.15) is 0 Å². The second-order valence-corrected chi connectivity index (χ2v) is 16.6. The average Bonchev–Trinajstić information content (AvgIpc) is 3.88. The summed E-state index contributed by atoms with van der Waals surface area (Å²) in [6.07, 6.45) is 0. The molecule has 0 unspecified atom stereocenters. The molecule has 13 aromatic rings. The fourth-order valence-corrected chi connectivity index (χ4v) is 9.90. The molecule has 3 aromatic heterocycles. The Balaban J connectivity index is 0.888. The number of hydrogen-bond donors (Lipinski definition) is 0. The van der Waals surface area contributed by atoms with E-state index in [0.717, 1.165) is 50.4 Å². The lowest BCUT2D eigenvalue weighted by Crippen LogP contribution is -1.97. The third kappa shape index (κ3) is 5.77. The van der Waals surface area contributed by atoms with Crippen molar-refractivity contribution in [2.24, 2.45) is 0 Å². The molecule has 0 aliphatic rings. The first-order valence-corrected chi connectivity index (χ1v) is 21.8. The van der Waals surface area contributed by atoms with E-state index in [9.17, 15) is 0 Å². The van der Waals surface area contributed by atoms with Crippen molar-refractivity contribution in [1.29, 1.82) is 0 Å². The van der Waals surface area contributed by atoms with E-state index in [0.29, 0.717) is 0 Å². The van der Waals surface area contributed by atoms with Crippen molar-refractivity contribution >= 4 is 65.4 Å². The van der Waals surface area contributed by atoms with Gasteiger partial charge in [0.05, 0.1) is 44.5 Å². The van der Waals surface area contributed by atoms with Gasteiger partial charge in [0.25, 0.3) is 0 Å². The third-order valence-corrected chi connectivity index (χ3v) is 12.9. The molecule has 0 radical (unpaired) electrons. The average molecular weight is 815 g/mol. The molecule has 3 heterocycles. The summed E-state index contributed by atoms with van der Waals surface area (Å²) in [6.45, 7) is 0. The number of fused-ring (bicyclic) bond motifs is 8. The summed E-state index contributed by atoms with van der Waals surface area (Å²) < 4.78 is 4.78. The van der Waals surface area contributed by atoms with E-state index < -0.39 is 0 Å². The highest BCUT2D eigenvalue weighted by Gasteiger charge is 2.18. The fraction of sp³-hybridized carbons (Fsp3) is 0. The Labute approximate surface area is 369 Å². The number of para-hydroxylation sites is 4. The Morgan fingerprint density at radius 2 is 0.688 bits per heavy atom. The summed E-state index contributed by atoms with van der Waals surface area (Å²) in [6, 6.07) is 82.8. The lowest BCUT2D eigenvalue weighted by Gasteiger charge is -2.13. The van der Waals surface area contributed by atoms with Crippen molar-refractivity contribution in [2.75, 3.05) is 0 Å². The van der Waals surface area contributed by atoms with Gasteiger partial charge in [-0.15, -0.1) is 0 Å². The van der Waals surface area contributed by atoms with Crippen LogP contribution in [0.5, 0.6) is 0 Å². The van der Waals surface area contributed by atoms with Crippen LogP contribution in [0.25, 0.3) is 122 Å². The molecule has 10 aromatic carbocycles. The van der Waals surface area contributed by atoms with Crippen LogP contribution in [-0.2, 0) is 0 Å². The van der Waals surface area contributed by atoms with Crippen LogP contribution in [0.1, 0.15) is 0 Å². The van der Waals surface area contributed by atoms with Gasteiger partial charge < -0.3 is 9.13 Å². The number of nitrogens with zero attached hydrogens (tertiary/aromatic N) is 4. The first kappa shape index (κ1) is 36.1. The zero-order valence-electron chi connectivity index (χ0n) is 34.7. The Kier molecular flexibility index (Phi) is 8.18. The topological polar surface area (TPSA) is 35.6 Å². The van der Waals surface area contributed by atoms with Gasteiger partial charge in [0, 0.05) is 44.0 Å². The van der Waals surface area contributed by atoms with Gasteiger partial charge in [-0.1, -0.05) is 158 Å². The Bertz CT molecular complexity index is 3930. The van der Waals surface area contributed by atoms with E-state index in [2.05, 4.69) is 209 Å². The lowest BCUT2D eigenvalue weighted by atomic mass is 9.98. The number of rotatable bonds is 6. The van der Waals surface area contributed by atoms with E-state index in [1.54, 1.807) is 0 Å². The predicted molar refractivity (Wildman–Crippen MR) is 267 cm³/mol. The first-order valence-electron chi connectivity index (χ1n) is 21.8. The minimum Gasteiger partial charge on any atom is -0.309 e. The molecule has 4 heteroatoms. The quantitative estimate of drug-likeness (QED) is 0.168. The van der Waals surface area contributed by atoms with Crippen LogP contribution >= 0.6 is 0 Å². The van der Waals surface area contributed by atoms with Crippen molar-refractivity contribution < 1.29 is 0 Å². The van der Waals surface area contributed by atoms with Crippen LogP contribution < -0.4 is 0 Å². The van der Waals surface area contributed by atoms with Crippen molar-refractivity contribution in [2.45, 2.75) is 0 Å². The molecule has 0 N–H and O–H groups in total. The van der Waals surface area contributed by atoms with E-state index in [4.69, 9.17) is 9.97 Å². The van der Waals surface area contributed by atoms with E-state index >= 15 is 0 Å². The Morgan fingerprint density at radius 3 is 1.27 bits per heavy atom. The highest BCUT2D eigenvalue weighted by atomic mass is 15.0. The van der Waals surface area contributed by atoms with Crippen molar-refractivity contribution in [3.05, 3.63) is 231 Å². The van der Waals surface area contributed by atoms with Gasteiger partial charge in [-0.05, 0) is 106 Å². The molecule has 64 heavy (non-hydrogen) atoms. The van der Waals surface area contributed by atoms with Gasteiger partial charge in [0.15, 0.2) is 0 Å². The molecule has 298 valence electrons. The largest absolute Gasteiger partial charge is 0.309 e. The monoisotopic (exact) mass is 814 g/mol. The number of hydrogen-bond acceptors (Lipinski definition) is 2. The zero-order valence-corrected chi connectivity index (χ0v) is 34.7. The third-order valence-electron chi connectivity index (χ3n) is 12.9. The molecule has 0 fully saturated rings. The smallest absolute Gasteiger partial charge is 0.0973 e. The normalized spacial score (nSPS) is 11.8. The summed E-state index contributed by atoms with van der Waals surface area (Å²) >= 11 is 0. The summed E-state index contributed by atoms with van der Waals surface area (Å²) in [5.41, 5.74) is 17.4. The molecular weight excluding hydrogens is 777 g/mol. The molecule has 0 saturated carbocycles. The van der Waals surface area contributed by atoms with E-state index in [1.165, 1.54) is 71.1 Å². The molecule has 0 spiro atoms. The lowest BCUT2D eigenvalue weighted by molar-refractivity contribution is 1.18. The van der Waals surface area contributed by atoms with Crippen molar-refractivity contribution in [1.82, 2.24) is 19.1 Å². The number of benzene rings is 10. The van der Waals surface area contributed by atoms with Crippen LogP contribution in [0.3, 0.4) is 0 Å². The molecule has 0 aliphatic heterocycles. The molecule has 0 saturated heterocycles. The minimum absolute atomic E-state index is 0.873. The second kappa shape index (κ2) is 14.5. The van der Waals surface area contributed by atoms with Gasteiger partial charge in [-0.3, -0.25) is 0 Å². The molecule has 0 atom stereocenters. The molecular formula is C60H38N4. The van der Waals surface area contributed by atoms with Crippen molar-refractivity contribution in [3.8, 4) is 56.1 Å². The van der Waals surface area contributed by atoms with E-state index in [1.807, 2.05) is 30.3 Å². The molecule has 0 bridgehead atoms. The molecule has 0 amide bonds. The highest BCUT2D eigenvalue weighted by Crippen LogP contribution is 2.40. The highest BCUT2D eigenvalue weighted by molar-refractivity contribution is 6.13. The zero-order chi connectivity index (χ0) is 42.1. The fourth-order valence-electron chi connectivity index (χ4n) is 9.90. The van der Waals surface area contributed by atoms with Gasteiger partial charge in [0.1, 0.15) is 0 Å². The summed E-state index contributed by atoms with van der Waals surface area (Å²) in [4.78, 5) is 10.3. The summed E-state index contributed by atoms with van der Waals surface area (Å²) in [5.74, 6) is 0. The van der Waals surface area contributed by atoms with Crippen LogP contribution in [0.15, 0.2) is 231 Å². The predicted octanol–water partition coefficient (Wildman–Crippen LogP) is 15.6. The Hall–Kier alpha value is -8.60. The summed E-state index contributed by atoms with van der Waals surface area (Å²) in [5, 5.41) is 7.44. The van der Waals surface area contributed by atoms with Crippen LogP contribution in [-0.4, -0.2) is 19.1 Å². The minimum atomic E-state index is 0.873. The Morgan fingerprint density at radius 1 is 0.266 bits per heavy atom. The standard InChI is InChI=1S/C60H38N4/c1-2-14-41(15-3-1)59-60(62-54-22-9-8-21-53(54)61-59)42-27-33-46(34-28-42)64-56-24-11-7-19-50(56)52-38-44(30-36-58(52)64)43-29-35-57-51(37-43)49-18-6-10-23-55(49)63(57)45-31-25-40(26-32-45)48-20-12-16-39-13-4-5-17-47(39)48/h1-38H. The maximum Gasteiger partial charge on any atom is 0.0973 e.